The van der Waals surface area contributed by atoms with Gasteiger partial charge in [0.05, 0.1) is 12.2 Å². The van der Waals surface area contributed by atoms with Gasteiger partial charge in [-0.15, -0.1) is 0 Å². The number of halogens is 1. The van der Waals surface area contributed by atoms with Gasteiger partial charge in [-0.2, -0.15) is 0 Å². The Morgan fingerprint density at radius 2 is 1.71 bits per heavy atom. The average Bonchev–Trinajstić information content (AvgIpc) is 2.69. The first-order valence-electron chi connectivity index (χ1n) is 8.60. The van der Waals surface area contributed by atoms with Crippen LogP contribution in [0.15, 0.2) is 48.5 Å². The van der Waals surface area contributed by atoms with Crippen molar-refractivity contribution in [2.45, 2.75) is 13.8 Å². The van der Waals surface area contributed by atoms with Gasteiger partial charge in [0, 0.05) is 10.6 Å². The van der Waals surface area contributed by atoms with Crippen molar-refractivity contribution in [1.29, 1.82) is 0 Å². The summed E-state index contributed by atoms with van der Waals surface area (Å²) in [6, 6.07) is 12.6. The Hall–Kier alpha value is -3.06. The van der Waals surface area contributed by atoms with E-state index in [0.29, 0.717) is 28.9 Å². The molecular weight excluding hydrogens is 384 g/mol. The van der Waals surface area contributed by atoms with Gasteiger partial charge in [-0.1, -0.05) is 31.5 Å². The van der Waals surface area contributed by atoms with Gasteiger partial charge in [-0.3, -0.25) is 20.4 Å². The van der Waals surface area contributed by atoms with Gasteiger partial charge in [0.1, 0.15) is 5.75 Å². The first kappa shape index (κ1) is 21.2. The Morgan fingerprint density at radius 3 is 2.39 bits per heavy atom. The maximum Gasteiger partial charge on any atom is 0.338 e. The summed E-state index contributed by atoms with van der Waals surface area (Å²) in [5.41, 5.74) is 4.98. The van der Waals surface area contributed by atoms with Crippen molar-refractivity contribution in [3.05, 3.63) is 64.7 Å². The van der Waals surface area contributed by atoms with Crippen LogP contribution in [0.1, 0.15) is 34.6 Å². The molecule has 0 fully saturated rings. The molecule has 28 heavy (non-hydrogen) atoms. The highest BCUT2D eigenvalue weighted by molar-refractivity contribution is 6.30. The van der Waals surface area contributed by atoms with Crippen LogP contribution in [0.2, 0.25) is 5.02 Å². The van der Waals surface area contributed by atoms with Crippen molar-refractivity contribution in [3.63, 3.8) is 0 Å². The SMILES string of the molecule is CC(C)COc1cccc(C(=O)OCC(=O)NNC(=O)c2ccc(Cl)cc2)c1. The molecule has 0 aliphatic heterocycles. The summed E-state index contributed by atoms with van der Waals surface area (Å²) in [5, 5.41) is 0.492. The number of esters is 1. The molecule has 2 rings (SSSR count). The van der Waals surface area contributed by atoms with Crippen molar-refractivity contribution >= 4 is 29.4 Å². The Balaban J connectivity index is 1.79. The molecule has 2 aromatic rings. The number of carbonyl (C=O) groups excluding carboxylic acids is 3. The van der Waals surface area contributed by atoms with Crippen LogP contribution >= 0.6 is 11.6 Å². The molecule has 0 bridgehead atoms. The highest BCUT2D eigenvalue weighted by Gasteiger charge is 2.12. The minimum Gasteiger partial charge on any atom is -0.493 e. The third kappa shape index (κ3) is 6.92. The molecule has 0 spiro atoms. The fraction of sp³-hybridized carbons (Fsp3) is 0.250. The maximum atomic E-state index is 12.1. The van der Waals surface area contributed by atoms with Gasteiger partial charge in [0.25, 0.3) is 11.8 Å². The molecule has 0 saturated heterocycles. The second-order valence-electron chi connectivity index (χ2n) is 6.32. The van der Waals surface area contributed by atoms with Crippen LogP contribution in [0.5, 0.6) is 5.75 Å². The van der Waals surface area contributed by atoms with E-state index in [1.807, 2.05) is 13.8 Å². The summed E-state index contributed by atoms with van der Waals surface area (Å²) >= 11 is 5.75. The summed E-state index contributed by atoms with van der Waals surface area (Å²) in [5.74, 6) is -0.978. The normalized spacial score (nSPS) is 10.3. The Kier molecular flexibility index (Phi) is 7.83. The predicted octanol–water partition coefficient (Wildman–Crippen LogP) is 2.99. The molecule has 2 amide bonds. The van der Waals surface area contributed by atoms with E-state index in [9.17, 15) is 14.4 Å². The zero-order chi connectivity index (χ0) is 20.5. The number of rotatable bonds is 7. The number of hydrogen-bond acceptors (Lipinski definition) is 5. The van der Waals surface area contributed by atoms with E-state index in [2.05, 4.69) is 10.9 Å². The topological polar surface area (TPSA) is 93.7 Å². The number of amides is 2. The van der Waals surface area contributed by atoms with Crippen molar-refractivity contribution < 1.29 is 23.9 Å². The lowest BCUT2D eigenvalue weighted by Gasteiger charge is -2.10. The van der Waals surface area contributed by atoms with Gasteiger partial charge in [-0.05, 0) is 48.4 Å². The second kappa shape index (κ2) is 10.3. The Bertz CT molecular complexity index is 837. The number of ether oxygens (including phenoxy) is 2. The molecule has 0 aromatic heterocycles. The Labute approximate surface area is 167 Å². The molecule has 0 radical (unpaired) electrons. The fourth-order valence-corrected chi connectivity index (χ4v) is 2.15. The molecule has 2 aromatic carbocycles. The van der Waals surface area contributed by atoms with Crippen molar-refractivity contribution in [2.75, 3.05) is 13.2 Å². The molecule has 8 heteroatoms. The van der Waals surface area contributed by atoms with E-state index < -0.39 is 24.4 Å². The monoisotopic (exact) mass is 404 g/mol. The van der Waals surface area contributed by atoms with Crippen molar-refractivity contribution in [1.82, 2.24) is 10.9 Å². The Morgan fingerprint density at radius 1 is 1.00 bits per heavy atom. The van der Waals surface area contributed by atoms with Crippen LogP contribution in [-0.4, -0.2) is 31.0 Å². The predicted molar refractivity (Wildman–Crippen MR) is 104 cm³/mol. The van der Waals surface area contributed by atoms with E-state index in [0.717, 1.165) is 0 Å². The van der Waals surface area contributed by atoms with Crippen molar-refractivity contribution in [2.24, 2.45) is 5.92 Å². The van der Waals surface area contributed by atoms with Crippen LogP contribution in [-0.2, 0) is 9.53 Å². The lowest BCUT2D eigenvalue weighted by atomic mass is 10.2. The average molecular weight is 405 g/mol. The third-order valence-electron chi connectivity index (χ3n) is 3.41. The highest BCUT2D eigenvalue weighted by Crippen LogP contribution is 2.15. The number of hydrazine groups is 1. The van der Waals surface area contributed by atoms with Gasteiger partial charge >= 0.3 is 5.97 Å². The molecule has 2 N–H and O–H groups in total. The molecule has 0 aliphatic carbocycles. The second-order valence-corrected chi connectivity index (χ2v) is 6.75. The summed E-state index contributed by atoms with van der Waals surface area (Å²) < 4.78 is 10.5. The third-order valence-corrected chi connectivity index (χ3v) is 3.66. The molecule has 0 aliphatic rings. The van der Waals surface area contributed by atoms with Gasteiger partial charge in [-0.25, -0.2) is 4.79 Å². The molecular formula is C20H21ClN2O5. The quantitative estimate of drug-likeness (QED) is 0.546. The van der Waals surface area contributed by atoms with Gasteiger partial charge in [0.15, 0.2) is 6.61 Å². The minimum atomic E-state index is -0.678. The molecule has 0 unspecified atom stereocenters. The molecule has 148 valence electrons. The zero-order valence-corrected chi connectivity index (χ0v) is 16.3. The van der Waals surface area contributed by atoms with E-state index in [4.69, 9.17) is 21.1 Å². The van der Waals surface area contributed by atoms with Crippen LogP contribution in [0.25, 0.3) is 0 Å². The van der Waals surface area contributed by atoms with Crippen molar-refractivity contribution in [3.8, 4) is 5.75 Å². The van der Waals surface area contributed by atoms with Gasteiger partial charge < -0.3 is 9.47 Å². The lowest BCUT2D eigenvalue weighted by Crippen LogP contribution is -2.43. The first-order valence-corrected chi connectivity index (χ1v) is 8.97. The highest BCUT2D eigenvalue weighted by atomic mass is 35.5. The number of nitrogens with one attached hydrogen (secondary N) is 2. The number of hydrogen-bond donors (Lipinski definition) is 2. The molecule has 0 saturated carbocycles. The zero-order valence-electron chi connectivity index (χ0n) is 15.5. The summed E-state index contributed by atoms with van der Waals surface area (Å²) in [6.07, 6.45) is 0. The molecule has 7 nitrogen and oxygen atoms in total. The lowest BCUT2D eigenvalue weighted by molar-refractivity contribution is -0.125. The summed E-state index contributed by atoms with van der Waals surface area (Å²) in [7, 11) is 0. The van der Waals surface area contributed by atoms with E-state index in [1.54, 1.807) is 36.4 Å². The molecule has 0 atom stereocenters. The van der Waals surface area contributed by atoms with Crippen LogP contribution in [0.4, 0.5) is 0 Å². The molecule has 0 heterocycles. The number of benzene rings is 2. The van der Waals surface area contributed by atoms with Crippen LogP contribution in [0, 0.1) is 5.92 Å². The van der Waals surface area contributed by atoms with E-state index in [-0.39, 0.29) is 5.56 Å². The van der Waals surface area contributed by atoms with Crippen LogP contribution in [0.3, 0.4) is 0 Å². The summed E-state index contributed by atoms with van der Waals surface area (Å²) in [4.78, 5) is 35.7. The van der Waals surface area contributed by atoms with E-state index >= 15 is 0 Å². The van der Waals surface area contributed by atoms with E-state index in [1.165, 1.54) is 12.1 Å². The van der Waals surface area contributed by atoms with Gasteiger partial charge in [0.2, 0.25) is 0 Å². The largest absolute Gasteiger partial charge is 0.493 e. The minimum absolute atomic E-state index is 0.263. The summed E-state index contributed by atoms with van der Waals surface area (Å²) in [6.45, 7) is 4.01. The van der Waals surface area contributed by atoms with Crippen LogP contribution < -0.4 is 15.6 Å². The fourth-order valence-electron chi connectivity index (χ4n) is 2.03. The first-order chi connectivity index (χ1) is 13.3. The smallest absolute Gasteiger partial charge is 0.338 e. The number of carbonyl (C=O) groups is 3. The standard InChI is InChI=1S/C20H21ClN2O5/c1-13(2)11-27-17-5-3-4-15(10-17)20(26)28-12-18(24)22-23-19(25)14-6-8-16(21)9-7-14/h3-10,13H,11-12H2,1-2H3,(H,22,24)(H,23,25). The maximum absolute atomic E-state index is 12.1.